The summed E-state index contributed by atoms with van der Waals surface area (Å²) >= 11 is 5.97. The maximum atomic E-state index is 5.97. The van der Waals surface area contributed by atoms with Gasteiger partial charge in [0.1, 0.15) is 5.75 Å². The van der Waals surface area contributed by atoms with Crippen LogP contribution in [0.5, 0.6) is 5.75 Å². The average molecular weight is 310 g/mol. The minimum atomic E-state index is 0.638. The highest BCUT2D eigenvalue weighted by Gasteiger charge is 2.08. The number of rotatable bonds is 7. The Hall–Kier alpha value is -1.68. The van der Waals surface area contributed by atoms with Gasteiger partial charge in [0.05, 0.1) is 7.11 Å². The van der Waals surface area contributed by atoms with Crippen LogP contribution in [0.3, 0.4) is 0 Å². The van der Waals surface area contributed by atoms with Crippen molar-refractivity contribution in [1.29, 1.82) is 0 Å². The Morgan fingerprint density at radius 1 is 1.52 bits per heavy atom. The van der Waals surface area contributed by atoms with E-state index in [0.29, 0.717) is 11.6 Å². The van der Waals surface area contributed by atoms with Crippen LogP contribution in [-0.4, -0.2) is 38.6 Å². The molecule has 5 heteroatoms. The number of hydrogen-bond acceptors (Lipinski definition) is 2. The molecule has 0 spiro atoms. The van der Waals surface area contributed by atoms with Crippen LogP contribution in [0.25, 0.3) is 0 Å². The maximum Gasteiger partial charge on any atom is 0.193 e. The van der Waals surface area contributed by atoms with Gasteiger partial charge in [-0.15, -0.1) is 6.58 Å². The molecule has 0 saturated heterocycles. The highest BCUT2D eigenvalue weighted by atomic mass is 35.5. The zero-order valence-electron chi connectivity index (χ0n) is 13.0. The highest BCUT2D eigenvalue weighted by molar-refractivity contribution is 6.30. The van der Waals surface area contributed by atoms with Crippen LogP contribution in [0.4, 0.5) is 0 Å². The quantitative estimate of drug-likeness (QED) is 0.363. The largest absolute Gasteiger partial charge is 0.496 e. The third-order valence-corrected chi connectivity index (χ3v) is 3.40. The second kappa shape index (κ2) is 9.29. The third kappa shape index (κ3) is 5.68. The molecule has 0 aromatic heterocycles. The standard InChI is InChI=1S/C16H24ClN3O/c1-5-6-7-10-20(3)16(18-2)19-12-13-8-9-14(17)11-15(13)21-4/h5,8-9,11H,1,6-7,10,12H2,2-4H3,(H,18,19). The average Bonchev–Trinajstić information content (AvgIpc) is 2.49. The van der Waals surface area contributed by atoms with Crippen LogP contribution < -0.4 is 10.1 Å². The topological polar surface area (TPSA) is 36.9 Å². The van der Waals surface area contributed by atoms with Crippen molar-refractivity contribution in [3.8, 4) is 5.75 Å². The van der Waals surface area contributed by atoms with Gasteiger partial charge in [0.15, 0.2) is 5.96 Å². The molecule has 0 aliphatic carbocycles. The van der Waals surface area contributed by atoms with Gasteiger partial charge in [0.25, 0.3) is 0 Å². The van der Waals surface area contributed by atoms with E-state index in [1.807, 2.05) is 31.3 Å². The number of guanidine groups is 1. The molecule has 0 aliphatic heterocycles. The third-order valence-electron chi connectivity index (χ3n) is 3.16. The molecule has 1 aromatic carbocycles. The lowest BCUT2D eigenvalue weighted by molar-refractivity contribution is 0.408. The van der Waals surface area contributed by atoms with Gasteiger partial charge in [0, 0.05) is 37.8 Å². The molecule has 0 bridgehead atoms. The van der Waals surface area contributed by atoms with Gasteiger partial charge in [-0.05, 0) is 25.0 Å². The molecule has 1 N–H and O–H groups in total. The molecule has 0 saturated carbocycles. The van der Waals surface area contributed by atoms with Crippen molar-refractivity contribution in [3.05, 3.63) is 41.4 Å². The van der Waals surface area contributed by atoms with Gasteiger partial charge < -0.3 is 15.0 Å². The molecule has 0 atom stereocenters. The van der Waals surface area contributed by atoms with Crippen molar-refractivity contribution in [2.45, 2.75) is 19.4 Å². The summed E-state index contributed by atoms with van der Waals surface area (Å²) in [5.74, 6) is 1.64. The van der Waals surface area contributed by atoms with E-state index in [1.54, 1.807) is 14.2 Å². The number of unbranched alkanes of at least 4 members (excludes halogenated alkanes) is 1. The predicted molar refractivity (Wildman–Crippen MR) is 90.3 cm³/mol. The maximum absolute atomic E-state index is 5.97. The first-order valence-corrected chi connectivity index (χ1v) is 7.35. The van der Waals surface area contributed by atoms with Crippen molar-refractivity contribution in [2.24, 2.45) is 4.99 Å². The van der Waals surface area contributed by atoms with Crippen LogP contribution >= 0.6 is 11.6 Å². The van der Waals surface area contributed by atoms with E-state index in [0.717, 1.165) is 36.7 Å². The van der Waals surface area contributed by atoms with E-state index in [1.165, 1.54) is 0 Å². The molecular weight excluding hydrogens is 286 g/mol. The van der Waals surface area contributed by atoms with E-state index in [4.69, 9.17) is 16.3 Å². The van der Waals surface area contributed by atoms with Crippen LogP contribution in [0.15, 0.2) is 35.8 Å². The number of nitrogens with one attached hydrogen (secondary N) is 1. The summed E-state index contributed by atoms with van der Waals surface area (Å²) < 4.78 is 5.34. The van der Waals surface area contributed by atoms with Crippen molar-refractivity contribution < 1.29 is 4.74 Å². The van der Waals surface area contributed by atoms with Crippen molar-refractivity contribution in [2.75, 3.05) is 27.7 Å². The molecule has 21 heavy (non-hydrogen) atoms. The minimum absolute atomic E-state index is 0.638. The SMILES string of the molecule is C=CCCCN(C)C(=NC)NCc1ccc(Cl)cc1OC. The predicted octanol–water partition coefficient (Wildman–Crippen LogP) is 3.32. The van der Waals surface area contributed by atoms with Gasteiger partial charge >= 0.3 is 0 Å². The minimum Gasteiger partial charge on any atom is -0.496 e. The van der Waals surface area contributed by atoms with E-state index < -0.39 is 0 Å². The molecule has 0 unspecified atom stereocenters. The molecule has 4 nitrogen and oxygen atoms in total. The number of benzene rings is 1. The van der Waals surface area contributed by atoms with E-state index >= 15 is 0 Å². The number of ether oxygens (including phenoxy) is 1. The zero-order valence-corrected chi connectivity index (χ0v) is 13.8. The number of nitrogens with zero attached hydrogens (tertiary/aromatic N) is 2. The molecular formula is C16H24ClN3O. The molecule has 0 heterocycles. The van der Waals surface area contributed by atoms with Crippen molar-refractivity contribution in [1.82, 2.24) is 10.2 Å². The molecule has 1 aromatic rings. The summed E-state index contributed by atoms with van der Waals surface area (Å²) in [5, 5.41) is 4.00. The molecule has 0 amide bonds. The second-order valence-corrected chi connectivity index (χ2v) is 5.15. The summed E-state index contributed by atoms with van der Waals surface area (Å²) in [5.41, 5.74) is 1.04. The fourth-order valence-electron chi connectivity index (χ4n) is 2.00. The number of halogens is 1. The summed E-state index contributed by atoms with van der Waals surface area (Å²) in [6.45, 7) is 5.31. The molecule has 116 valence electrons. The van der Waals surface area contributed by atoms with Gasteiger partial charge in [-0.1, -0.05) is 23.7 Å². The first-order valence-electron chi connectivity index (χ1n) is 6.97. The van der Waals surface area contributed by atoms with E-state index in [-0.39, 0.29) is 0 Å². The van der Waals surface area contributed by atoms with Crippen molar-refractivity contribution >= 4 is 17.6 Å². The summed E-state index contributed by atoms with van der Waals surface area (Å²) in [6, 6.07) is 5.63. The van der Waals surface area contributed by atoms with Crippen LogP contribution in [0, 0.1) is 0 Å². The van der Waals surface area contributed by atoms with Crippen LogP contribution in [0.2, 0.25) is 5.02 Å². The Kier molecular flexibility index (Phi) is 7.69. The fraction of sp³-hybridized carbons (Fsp3) is 0.438. The first-order chi connectivity index (χ1) is 10.1. The lowest BCUT2D eigenvalue weighted by Crippen LogP contribution is -2.39. The molecule has 0 radical (unpaired) electrons. The molecule has 0 fully saturated rings. The summed E-state index contributed by atoms with van der Waals surface area (Å²) in [4.78, 5) is 6.40. The molecule has 1 rings (SSSR count). The first kappa shape index (κ1) is 17.4. The number of aliphatic imine (C=N–C) groups is 1. The monoisotopic (exact) mass is 309 g/mol. The Bertz CT molecular complexity index is 488. The van der Waals surface area contributed by atoms with E-state index in [9.17, 15) is 0 Å². The summed E-state index contributed by atoms with van der Waals surface area (Å²) in [7, 11) is 5.45. The lowest BCUT2D eigenvalue weighted by Gasteiger charge is -2.22. The lowest BCUT2D eigenvalue weighted by atomic mass is 10.2. The Morgan fingerprint density at radius 2 is 2.29 bits per heavy atom. The van der Waals surface area contributed by atoms with Gasteiger partial charge in [-0.3, -0.25) is 4.99 Å². The normalized spacial score (nSPS) is 11.1. The van der Waals surface area contributed by atoms with Gasteiger partial charge in [-0.25, -0.2) is 0 Å². The van der Waals surface area contributed by atoms with Crippen LogP contribution in [-0.2, 0) is 6.54 Å². The van der Waals surface area contributed by atoms with E-state index in [2.05, 4.69) is 21.8 Å². The number of allylic oxidation sites excluding steroid dienone is 1. The second-order valence-electron chi connectivity index (χ2n) is 4.71. The van der Waals surface area contributed by atoms with Gasteiger partial charge in [0.2, 0.25) is 0 Å². The Morgan fingerprint density at radius 3 is 2.90 bits per heavy atom. The Labute approximate surface area is 132 Å². The van der Waals surface area contributed by atoms with Crippen LogP contribution in [0.1, 0.15) is 18.4 Å². The smallest absolute Gasteiger partial charge is 0.193 e. The molecule has 0 aliphatic rings. The van der Waals surface area contributed by atoms with Crippen molar-refractivity contribution in [3.63, 3.8) is 0 Å². The van der Waals surface area contributed by atoms with Gasteiger partial charge in [-0.2, -0.15) is 0 Å². The Balaban J connectivity index is 2.61. The fourth-order valence-corrected chi connectivity index (χ4v) is 2.16. The highest BCUT2D eigenvalue weighted by Crippen LogP contribution is 2.22. The number of hydrogen-bond donors (Lipinski definition) is 1. The zero-order chi connectivity index (χ0) is 15.7. The number of methoxy groups -OCH3 is 1. The summed E-state index contributed by atoms with van der Waals surface area (Å²) in [6.07, 6.45) is 4.00.